The minimum atomic E-state index is -3.61. The number of rotatable bonds is 8. The summed E-state index contributed by atoms with van der Waals surface area (Å²) >= 11 is 0. The lowest BCUT2D eigenvalue weighted by Gasteiger charge is -2.17. The highest BCUT2D eigenvalue weighted by Gasteiger charge is 2.17. The Kier molecular flexibility index (Phi) is 6.65. The van der Waals surface area contributed by atoms with Crippen molar-refractivity contribution < 1.29 is 8.42 Å². The summed E-state index contributed by atoms with van der Waals surface area (Å²) in [6.45, 7) is 7.31. The van der Waals surface area contributed by atoms with Crippen LogP contribution >= 0.6 is 0 Å². The number of nitrogens with zero attached hydrogens (tertiary/aromatic N) is 2. The Bertz CT molecular complexity index is 560. The Balaban J connectivity index is 2.61. The molecule has 0 unspecified atom stereocenters. The van der Waals surface area contributed by atoms with E-state index in [0.29, 0.717) is 6.54 Å². The van der Waals surface area contributed by atoms with E-state index in [-0.39, 0.29) is 10.5 Å². The highest BCUT2D eigenvalue weighted by molar-refractivity contribution is 7.89. The van der Waals surface area contributed by atoms with Crippen LogP contribution in [-0.2, 0) is 10.0 Å². The molecule has 0 aromatic heterocycles. The second-order valence-corrected chi connectivity index (χ2v) is 6.12. The molecular weight excluding hydrogens is 274 g/mol. The molecular formula is C14H21N3O2S. The van der Waals surface area contributed by atoms with Crippen LogP contribution in [0.4, 0.5) is 0 Å². The van der Waals surface area contributed by atoms with E-state index in [1.165, 1.54) is 12.1 Å². The fourth-order valence-corrected chi connectivity index (χ4v) is 3.15. The molecule has 0 saturated carbocycles. The Labute approximate surface area is 121 Å². The van der Waals surface area contributed by atoms with E-state index in [1.54, 1.807) is 12.1 Å². The lowest BCUT2D eigenvalue weighted by Crippen LogP contribution is -2.30. The van der Waals surface area contributed by atoms with Crippen LogP contribution in [0.25, 0.3) is 0 Å². The number of hydrogen-bond donors (Lipinski definition) is 1. The van der Waals surface area contributed by atoms with E-state index in [4.69, 9.17) is 5.26 Å². The maximum absolute atomic E-state index is 12.1. The van der Waals surface area contributed by atoms with Crippen LogP contribution in [0, 0.1) is 11.3 Å². The first kappa shape index (κ1) is 16.6. The average molecular weight is 295 g/mol. The van der Waals surface area contributed by atoms with Crippen molar-refractivity contribution in [2.75, 3.05) is 26.2 Å². The normalized spacial score (nSPS) is 11.5. The molecule has 20 heavy (non-hydrogen) atoms. The van der Waals surface area contributed by atoms with Crippen LogP contribution in [0.3, 0.4) is 0 Å². The number of hydrogen-bond acceptors (Lipinski definition) is 4. The van der Waals surface area contributed by atoms with Crippen LogP contribution in [0.5, 0.6) is 0 Å². The van der Waals surface area contributed by atoms with Crippen molar-refractivity contribution in [1.29, 1.82) is 5.26 Å². The molecule has 1 aromatic carbocycles. The predicted octanol–water partition coefficient (Wildman–Crippen LogP) is 1.57. The van der Waals surface area contributed by atoms with Gasteiger partial charge in [-0.05, 0) is 38.2 Å². The van der Waals surface area contributed by atoms with Gasteiger partial charge in [-0.2, -0.15) is 5.26 Å². The van der Waals surface area contributed by atoms with Crippen molar-refractivity contribution in [1.82, 2.24) is 9.62 Å². The van der Waals surface area contributed by atoms with E-state index < -0.39 is 10.0 Å². The summed E-state index contributed by atoms with van der Waals surface area (Å²) in [7, 11) is -3.61. The lowest BCUT2D eigenvalue weighted by molar-refractivity contribution is 0.300. The van der Waals surface area contributed by atoms with Gasteiger partial charge in [-0.1, -0.05) is 26.0 Å². The summed E-state index contributed by atoms with van der Waals surface area (Å²) in [6, 6.07) is 8.12. The van der Waals surface area contributed by atoms with Crippen molar-refractivity contribution in [3.8, 4) is 6.07 Å². The third kappa shape index (κ3) is 4.60. The van der Waals surface area contributed by atoms with Crippen molar-refractivity contribution in [3.63, 3.8) is 0 Å². The van der Waals surface area contributed by atoms with Gasteiger partial charge in [-0.3, -0.25) is 0 Å². The van der Waals surface area contributed by atoms with Gasteiger partial charge >= 0.3 is 0 Å². The molecule has 1 aromatic rings. The summed E-state index contributed by atoms with van der Waals surface area (Å²) in [5.74, 6) is 0. The molecule has 6 heteroatoms. The molecule has 1 rings (SSSR count). The molecule has 110 valence electrons. The van der Waals surface area contributed by atoms with E-state index in [2.05, 4.69) is 23.5 Å². The molecule has 0 aliphatic heterocycles. The Hall–Kier alpha value is -1.42. The fraction of sp³-hybridized carbons (Fsp3) is 0.500. The van der Waals surface area contributed by atoms with Crippen LogP contribution in [0.1, 0.15) is 25.8 Å². The van der Waals surface area contributed by atoms with Crippen LogP contribution in [0.15, 0.2) is 29.2 Å². The summed E-state index contributed by atoms with van der Waals surface area (Å²) in [5.41, 5.74) is 0.170. The van der Waals surface area contributed by atoms with Gasteiger partial charge < -0.3 is 4.90 Å². The van der Waals surface area contributed by atoms with Crippen LogP contribution < -0.4 is 4.72 Å². The number of benzene rings is 1. The zero-order valence-electron chi connectivity index (χ0n) is 12.0. The minimum absolute atomic E-state index is 0.0466. The van der Waals surface area contributed by atoms with Crippen molar-refractivity contribution in [2.45, 2.75) is 25.2 Å². The molecule has 1 N–H and O–H groups in total. The van der Waals surface area contributed by atoms with Gasteiger partial charge in [-0.15, -0.1) is 0 Å². The van der Waals surface area contributed by atoms with Crippen LogP contribution in [0.2, 0.25) is 0 Å². The monoisotopic (exact) mass is 295 g/mol. The maximum atomic E-state index is 12.1. The molecule has 0 aliphatic rings. The second kappa shape index (κ2) is 8.00. The van der Waals surface area contributed by atoms with Crippen LogP contribution in [-0.4, -0.2) is 39.5 Å². The van der Waals surface area contributed by atoms with Gasteiger partial charge in [0.1, 0.15) is 6.07 Å². The Morgan fingerprint density at radius 1 is 1.25 bits per heavy atom. The highest BCUT2D eigenvalue weighted by Crippen LogP contribution is 2.13. The molecule has 0 amide bonds. The van der Waals surface area contributed by atoms with E-state index in [9.17, 15) is 8.42 Å². The SMILES string of the molecule is CCN(CC)CCCNS(=O)(=O)c1ccccc1C#N. The van der Waals surface area contributed by atoms with Crippen molar-refractivity contribution >= 4 is 10.0 Å². The van der Waals surface area contributed by atoms with Gasteiger partial charge in [0.05, 0.1) is 10.5 Å². The first-order valence-corrected chi connectivity index (χ1v) is 8.24. The smallest absolute Gasteiger partial charge is 0.241 e. The van der Waals surface area contributed by atoms with Gasteiger partial charge in [0.25, 0.3) is 0 Å². The van der Waals surface area contributed by atoms with Gasteiger partial charge in [0.2, 0.25) is 10.0 Å². The molecule has 0 aliphatic carbocycles. The first-order valence-electron chi connectivity index (χ1n) is 6.76. The summed E-state index contributed by atoms with van der Waals surface area (Å²) < 4.78 is 26.8. The Morgan fingerprint density at radius 3 is 2.50 bits per heavy atom. The predicted molar refractivity (Wildman–Crippen MR) is 78.8 cm³/mol. The number of nitriles is 1. The molecule has 0 saturated heterocycles. The molecule has 5 nitrogen and oxygen atoms in total. The summed E-state index contributed by atoms with van der Waals surface area (Å²) in [4.78, 5) is 2.28. The molecule has 0 bridgehead atoms. The molecule has 0 spiro atoms. The topological polar surface area (TPSA) is 73.2 Å². The average Bonchev–Trinajstić information content (AvgIpc) is 2.47. The second-order valence-electron chi connectivity index (χ2n) is 4.39. The minimum Gasteiger partial charge on any atom is -0.304 e. The van der Waals surface area contributed by atoms with E-state index in [1.807, 2.05) is 6.07 Å². The molecule has 0 heterocycles. The highest BCUT2D eigenvalue weighted by atomic mass is 32.2. The first-order chi connectivity index (χ1) is 9.55. The quantitative estimate of drug-likeness (QED) is 0.739. The molecule has 0 radical (unpaired) electrons. The standard InChI is InChI=1S/C14H21N3O2S/c1-3-17(4-2)11-7-10-16-20(18,19)14-9-6-5-8-13(14)12-15/h5-6,8-9,16H,3-4,7,10-11H2,1-2H3. The largest absolute Gasteiger partial charge is 0.304 e. The number of sulfonamides is 1. The summed E-state index contributed by atoms with van der Waals surface area (Å²) in [6.07, 6.45) is 0.746. The zero-order chi connectivity index (χ0) is 15.0. The molecule has 0 fully saturated rings. The third-order valence-electron chi connectivity index (χ3n) is 3.13. The zero-order valence-corrected chi connectivity index (χ0v) is 12.8. The maximum Gasteiger partial charge on any atom is 0.241 e. The van der Waals surface area contributed by atoms with Gasteiger partial charge in [0.15, 0.2) is 0 Å². The lowest BCUT2D eigenvalue weighted by atomic mass is 10.2. The summed E-state index contributed by atoms with van der Waals surface area (Å²) in [5, 5.41) is 8.94. The number of nitrogens with one attached hydrogen (secondary N) is 1. The van der Waals surface area contributed by atoms with Gasteiger partial charge in [0, 0.05) is 6.54 Å². The van der Waals surface area contributed by atoms with E-state index in [0.717, 1.165) is 26.1 Å². The third-order valence-corrected chi connectivity index (χ3v) is 4.65. The molecule has 0 atom stereocenters. The fourth-order valence-electron chi connectivity index (χ4n) is 1.92. The van der Waals surface area contributed by atoms with Crippen molar-refractivity contribution in [2.24, 2.45) is 0 Å². The Morgan fingerprint density at radius 2 is 1.90 bits per heavy atom. The van der Waals surface area contributed by atoms with Crippen molar-refractivity contribution in [3.05, 3.63) is 29.8 Å². The van der Waals surface area contributed by atoms with E-state index >= 15 is 0 Å². The van der Waals surface area contributed by atoms with Gasteiger partial charge in [-0.25, -0.2) is 13.1 Å².